The van der Waals surface area contributed by atoms with E-state index in [4.69, 9.17) is 4.42 Å². The molecule has 1 aliphatic rings. The van der Waals surface area contributed by atoms with Gasteiger partial charge in [-0.3, -0.25) is 9.89 Å². The highest BCUT2D eigenvalue weighted by Crippen LogP contribution is 2.31. The van der Waals surface area contributed by atoms with Gasteiger partial charge >= 0.3 is 6.18 Å². The maximum absolute atomic E-state index is 12.6. The number of nitrogens with zero attached hydrogens (tertiary/aromatic N) is 4. The lowest BCUT2D eigenvalue weighted by atomic mass is 10.0. The molecule has 1 aliphatic heterocycles. The number of H-pyrrole nitrogens is 1. The highest BCUT2D eigenvalue weighted by Gasteiger charge is 2.35. The molecule has 1 atom stereocenters. The maximum atomic E-state index is 12.6. The SMILES string of the molecule is Cc1cc(CC(=O)N2CCCC[C@@H]2c2nnc(CC(F)(F)F)o2)n[nH]1. The van der Waals surface area contributed by atoms with Crippen molar-refractivity contribution in [3.63, 3.8) is 0 Å². The van der Waals surface area contributed by atoms with Crippen molar-refractivity contribution in [1.82, 2.24) is 25.3 Å². The number of aromatic nitrogens is 4. The number of aromatic amines is 1. The Labute approximate surface area is 141 Å². The summed E-state index contributed by atoms with van der Waals surface area (Å²) in [6.07, 6.45) is -3.32. The van der Waals surface area contributed by atoms with Crippen molar-refractivity contribution in [3.05, 3.63) is 29.2 Å². The number of hydrogen-bond acceptors (Lipinski definition) is 5. The molecule has 0 unspecified atom stereocenters. The molecule has 1 saturated heterocycles. The van der Waals surface area contributed by atoms with Gasteiger partial charge < -0.3 is 9.32 Å². The molecule has 0 radical (unpaired) electrons. The Kier molecular flexibility index (Phi) is 4.78. The van der Waals surface area contributed by atoms with E-state index < -0.39 is 24.5 Å². The lowest BCUT2D eigenvalue weighted by molar-refractivity contribution is -0.136. The first-order valence-electron chi connectivity index (χ1n) is 8.01. The quantitative estimate of drug-likeness (QED) is 0.908. The molecule has 25 heavy (non-hydrogen) atoms. The fourth-order valence-electron chi connectivity index (χ4n) is 2.95. The molecule has 2 aromatic heterocycles. The van der Waals surface area contributed by atoms with Gasteiger partial charge in [-0.25, -0.2) is 0 Å². The summed E-state index contributed by atoms with van der Waals surface area (Å²) in [5.74, 6) is -0.583. The normalized spacial score (nSPS) is 18.6. The van der Waals surface area contributed by atoms with Crippen molar-refractivity contribution in [1.29, 1.82) is 0 Å². The predicted molar refractivity (Wildman–Crippen MR) is 79.4 cm³/mol. The molecular formula is C15H18F3N5O2. The maximum Gasteiger partial charge on any atom is 0.397 e. The number of hydrogen-bond donors (Lipinski definition) is 1. The Morgan fingerprint density at radius 2 is 2.20 bits per heavy atom. The van der Waals surface area contributed by atoms with Gasteiger partial charge in [0.15, 0.2) is 0 Å². The first-order valence-corrected chi connectivity index (χ1v) is 8.01. The van der Waals surface area contributed by atoms with Crippen molar-refractivity contribution >= 4 is 5.91 Å². The van der Waals surface area contributed by atoms with Crippen LogP contribution in [-0.2, 0) is 17.6 Å². The molecule has 3 rings (SSSR count). The molecule has 0 aromatic carbocycles. The molecule has 0 spiro atoms. The summed E-state index contributed by atoms with van der Waals surface area (Å²) in [5, 5.41) is 14.0. The predicted octanol–water partition coefficient (Wildman–Crippen LogP) is 2.50. The lowest BCUT2D eigenvalue weighted by Crippen LogP contribution is -2.39. The van der Waals surface area contributed by atoms with Crippen LogP contribution in [0.2, 0.25) is 0 Å². The Morgan fingerprint density at radius 1 is 1.40 bits per heavy atom. The number of halogens is 3. The number of likely N-dealkylation sites (tertiary alicyclic amines) is 1. The molecule has 0 aliphatic carbocycles. The Bertz CT molecular complexity index is 740. The number of nitrogens with one attached hydrogen (secondary N) is 1. The monoisotopic (exact) mass is 357 g/mol. The molecule has 1 amide bonds. The smallest absolute Gasteiger partial charge is 0.397 e. The number of amides is 1. The standard InChI is InChI=1S/C15H18F3N5O2/c1-9-6-10(20-19-9)7-13(24)23-5-3-2-4-11(23)14-22-21-12(25-14)8-15(16,17)18/h6,11H,2-5,7-8H2,1H3,(H,19,20)/t11-/m1/s1. The number of piperidine rings is 1. The number of alkyl halides is 3. The minimum absolute atomic E-state index is 0.0607. The first-order chi connectivity index (χ1) is 11.8. The summed E-state index contributed by atoms with van der Waals surface area (Å²) >= 11 is 0. The van der Waals surface area contributed by atoms with E-state index in [9.17, 15) is 18.0 Å². The average molecular weight is 357 g/mol. The van der Waals surface area contributed by atoms with E-state index >= 15 is 0 Å². The van der Waals surface area contributed by atoms with E-state index in [1.807, 2.05) is 6.92 Å². The van der Waals surface area contributed by atoms with E-state index in [1.54, 1.807) is 11.0 Å². The zero-order valence-electron chi connectivity index (χ0n) is 13.6. The Balaban J connectivity index is 1.73. The van der Waals surface area contributed by atoms with Crippen LogP contribution in [0.25, 0.3) is 0 Å². The molecule has 0 saturated carbocycles. The van der Waals surface area contributed by atoms with Gasteiger partial charge in [0, 0.05) is 12.2 Å². The molecule has 3 heterocycles. The summed E-state index contributed by atoms with van der Waals surface area (Å²) < 4.78 is 42.5. The van der Waals surface area contributed by atoms with Crippen LogP contribution in [0.5, 0.6) is 0 Å². The van der Waals surface area contributed by atoms with Crippen LogP contribution in [0.1, 0.15) is 48.5 Å². The number of rotatable bonds is 4. The van der Waals surface area contributed by atoms with Gasteiger partial charge in [-0.05, 0) is 32.3 Å². The highest BCUT2D eigenvalue weighted by molar-refractivity contribution is 5.78. The van der Waals surface area contributed by atoms with Crippen LogP contribution in [0.3, 0.4) is 0 Å². The third-order valence-electron chi connectivity index (χ3n) is 4.03. The van der Waals surface area contributed by atoms with E-state index in [1.165, 1.54) is 0 Å². The van der Waals surface area contributed by atoms with E-state index in [0.29, 0.717) is 18.7 Å². The number of aryl methyl sites for hydroxylation is 1. The Morgan fingerprint density at radius 3 is 2.88 bits per heavy atom. The van der Waals surface area contributed by atoms with Crippen LogP contribution in [0.15, 0.2) is 10.5 Å². The molecule has 0 bridgehead atoms. The highest BCUT2D eigenvalue weighted by atomic mass is 19.4. The van der Waals surface area contributed by atoms with Gasteiger partial charge in [0.2, 0.25) is 17.7 Å². The van der Waals surface area contributed by atoms with Gasteiger partial charge in [-0.1, -0.05) is 0 Å². The molecule has 10 heteroatoms. The van der Waals surface area contributed by atoms with Gasteiger partial charge in [-0.2, -0.15) is 18.3 Å². The zero-order chi connectivity index (χ0) is 18.0. The van der Waals surface area contributed by atoms with E-state index in [2.05, 4.69) is 20.4 Å². The van der Waals surface area contributed by atoms with Crippen LogP contribution >= 0.6 is 0 Å². The minimum atomic E-state index is -4.41. The third kappa shape index (κ3) is 4.37. The fraction of sp³-hybridized carbons (Fsp3) is 0.600. The third-order valence-corrected chi connectivity index (χ3v) is 4.03. The van der Waals surface area contributed by atoms with Crippen molar-refractivity contribution in [2.75, 3.05) is 6.54 Å². The summed E-state index contributed by atoms with van der Waals surface area (Å²) in [5.41, 5.74) is 1.47. The molecule has 1 N–H and O–H groups in total. The van der Waals surface area contributed by atoms with Crippen molar-refractivity contribution in [3.8, 4) is 0 Å². The topological polar surface area (TPSA) is 87.9 Å². The molecule has 7 nitrogen and oxygen atoms in total. The molecule has 136 valence electrons. The Hall–Kier alpha value is -2.39. The van der Waals surface area contributed by atoms with Gasteiger partial charge in [0.25, 0.3) is 0 Å². The van der Waals surface area contributed by atoms with Crippen LogP contribution in [-0.4, -0.2) is 43.9 Å². The van der Waals surface area contributed by atoms with Crippen LogP contribution in [0.4, 0.5) is 13.2 Å². The lowest BCUT2D eigenvalue weighted by Gasteiger charge is -2.33. The minimum Gasteiger partial charge on any atom is -0.423 e. The van der Waals surface area contributed by atoms with Gasteiger partial charge in [0.05, 0.1) is 12.1 Å². The van der Waals surface area contributed by atoms with Gasteiger partial charge in [0.1, 0.15) is 12.5 Å². The summed E-state index contributed by atoms with van der Waals surface area (Å²) in [6, 6.07) is 1.29. The zero-order valence-corrected chi connectivity index (χ0v) is 13.6. The number of carbonyl (C=O) groups excluding carboxylic acids is 1. The van der Waals surface area contributed by atoms with Crippen molar-refractivity contribution in [2.45, 2.75) is 51.2 Å². The summed E-state index contributed by atoms with van der Waals surface area (Å²) in [4.78, 5) is 14.2. The van der Waals surface area contributed by atoms with E-state index in [0.717, 1.165) is 18.5 Å². The van der Waals surface area contributed by atoms with Crippen LogP contribution < -0.4 is 0 Å². The van der Waals surface area contributed by atoms with E-state index in [-0.39, 0.29) is 18.2 Å². The molecule has 1 fully saturated rings. The van der Waals surface area contributed by atoms with Crippen molar-refractivity contribution in [2.24, 2.45) is 0 Å². The van der Waals surface area contributed by atoms with Gasteiger partial charge in [-0.15, -0.1) is 10.2 Å². The molecule has 2 aromatic rings. The first kappa shape index (κ1) is 17.4. The average Bonchev–Trinajstić information content (AvgIpc) is 3.15. The molecular weight excluding hydrogens is 339 g/mol. The summed E-state index contributed by atoms with van der Waals surface area (Å²) in [7, 11) is 0. The number of carbonyl (C=O) groups is 1. The van der Waals surface area contributed by atoms with Crippen molar-refractivity contribution < 1.29 is 22.4 Å². The second-order valence-electron chi connectivity index (χ2n) is 6.14. The summed E-state index contributed by atoms with van der Waals surface area (Å²) in [6.45, 7) is 2.34. The fourth-order valence-corrected chi connectivity index (χ4v) is 2.95. The van der Waals surface area contributed by atoms with Crippen LogP contribution in [0, 0.1) is 6.92 Å². The second-order valence-corrected chi connectivity index (χ2v) is 6.14. The second kappa shape index (κ2) is 6.85. The largest absolute Gasteiger partial charge is 0.423 e.